The fraction of sp³-hybridized carbons (Fsp3) is 0.400. The fourth-order valence-corrected chi connectivity index (χ4v) is 2.31. The molecular formula is C15H17F3N6O2. The first-order chi connectivity index (χ1) is 12.1. The summed E-state index contributed by atoms with van der Waals surface area (Å²) in [5.74, 6) is -1.51. The quantitative estimate of drug-likeness (QED) is 0.887. The maximum Gasteiger partial charge on any atom is 0.417 e. The second-order valence-corrected chi connectivity index (χ2v) is 5.56. The van der Waals surface area contributed by atoms with Gasteiger partial charge in [0.1, 0.15) is 0 Å². The maximum absolute atomic E-state index is 13.3. The first-order valence-corrected chi connectivity index (χ1v) is 7.57. The second kappa shape index (κ2) is 7.10. The average Bonchev–Trinajstić information content (AvgIpc) is 2.96. The minimum atomic E-state index is -4.73. The van der Waals surface area contributed by atoms with Crippen LogP contribution in [0.15, 0.2) is 12.1 Å². The van der Waals surface area contributed by atoms with Gasteiger partial charge < -0.3 is 4.90 Å². The number of carbonyl (C=O) groups excluding carboxylic acids is 2. The van der Waals surface area contributed by atoms with E-state index in [9.17, 15) is 22.8 Å². The molecule has 2 rings (SSSR count). The molecule has 140 valence electrons. The lowest BCUT2D eigenvalue weighted by molar-refractivity contribution is -0.138. The van der Waals surface area contributed by atoms with Crippen LogP contribution in [0.25, 0.3) is 0 Å². The molecule has 1 aromatic carbocycles. The number of nitrogens with zero attached hydrogens (tertiary/aromatic N) is 5. The van der Waals surface area contributed by atoms with Gasteiger partial charge in [-0.25, -0.2) is 4.68 Å². The van der Waals surface area contributed by atoms with Gasteiger partial charge in [-0.05, 0) is 42.0 Å². The molecule has 26 heavy (non-hydrogen) atoms. The van der Waals surface area contributed by atoms with Crippen molar-refractivity contribution in [3.8, 4) is 0 Å². The van der Waals surface area contributed by atoms with Gasteiger partial charge in [-0.15, -0.1) is 0 Å². The van der Waals surface area contributed by atoms with Crippen LogP contribution < -0.4 is 5.32 Å². The zero-order valence-corrected chi connectivity index (χ0v) is 14.5. The van der Waals surface area contributed by atoms with Gasteiger partial charge >= 0.3 is 6.18 Å². The summed E-state index contributed by atoms with van der Waals surface area (Å²) < 4.78 is 41.2. The molecule has 0 saturated heterocycles. The largest absolute Gasteiger partial charge is 0.417 e. The van der Waals surface area contributed by atoms with Crippen molar-refractivity contribution in [3.05, 3.63) is 34.4 Å². The van der Waals surface area contributed by atoms with Gasteiger partial charge in [0.25, 0.3) is 11.8 Å². The Morgan fingerprint density at radius 1 is 1.31 bits per heavy atom. The number of alkyl halides is 3. The molecule has 11 heteroatoms. The van der Waals surface area contributed by atoms with Crippen LogP contribution in [-0.2, 0) is 13.2 Å². The number of halogens is 3. The van der Waals surface area contributed by atoms with E-state index in [0.717, 1.165) is 17.0 Å². The van der Waals surface area contributed by atoms with Crippen molar-refractivity contribution in [1.29, 1.82) is 0 Å². The van der Waals surface area contributed by atoms with Gasteiger partial charge in [-0.1, -0.05) is 5.10 Å². The summed E-state index contributed by atoms with van der Waals surface area (Å²) in [6.07, 6.45) is -4.73. The number of hydrogen-bond acceptors (Lipinski definition) is 5. The number of amides is 2. The van der Waals surface area contributed by atoms with E-state index in [1.165, 1.54) is 25.7 Å². The number of rotatable bonds is 4. The Labute approximate surface area is 147 Å². The van der Waals surface area contributed by atoms with E-state index in [2.05, 4.69) is 20.8 Å². The highest BCUT2D eigenvalue weighted by atomic mass is 19.4. The van der Waals surface area contributed by atoms with Gasteiger partial charge in [-0.2, -0.15) is 13.2 Å². The number of tetrazole rings is 1. The monoisotopic (exact) mass is 370 g/mol. The van der Waals surface area contributed by atoms with Crippen LogP contribution in [0, 0.1) is 6.92 Å². The molecule has 1 aromatic heterocycles. The lowest BCUT2D eigenvalue weighted by Crippen LogP contribution is -2.30. The van der Waals surface area contributed by atoms with E-state index >= 15 is 0 Å². The molecule has 0 saturated carbocycles. The SMILES string of the molecule is CCN(C)C(=O)c1c(C(F)(F)F)ccc(C(=O)Nc2nnnn2C)c1C. The van der Waals surface area contributed by atoms with Crippen LogP contribution in [-0.4, -0.2) is 50.5 Å². The van der Waals surface area contributed by atoms with Crippen molar-refractivity contribution >= 4 is 17.8 Å². The zero-order valence-electron chi connectivity index (χ0n) is 14.5. The Hall–Kier alpha value is -2.98. The molecule has 0 unspecified atom stereocenters. The summed E-state index contributed by atoms with van der Waals surface area (Å²) in [5, 5.41) is 12.9. The van der Waals surface area contributed by atoms with Crippen molar-refractivity contribution in [2.45, 2.75) is 20.0 Å². The van der Waals surface area contributed by atoms with Gasteiger partial charge in [0.05, 0.1) is 11.1 Å². The Kier molecular flexibility index (Phi) is 5.28. The van der Waals surface area contributed by atoms with E-state index < -0.39 is 29.1 Å². The van der Waals surface area contributed by atoms with E-state index in [1.54, 1.807) is 6.92 Å². The highest BCUT2D eigenvalue weighted by Gasteiger charge is 2.37. The highest BCUT2D eigenvalue weighted by molar-refractivity contribution is 6.07. The average molecular weight is 370 g/mol. The van der Waals surface area contributed by atoms with Crippen LogP contribution in [0.2, 0.25) is 0 Å². The fourth-order valence-electron chi connectivity index (χ4n) is 2.31. The van der Waals surface area contributed by atoms with Gasteiger partial charge in [0.2, 0.25) is 5.95 Å². The minimum Gasteiger partial charge on any atom is -0.342 e. The molecule has 0 aliphatic heterocycles. The second-order valence-electron chi connectivity index (χ2n) is 5.56. The third kappa shape index (κ3) is 3.65. The number of hydrogen-bond donors (Lipinski definition) is 1. The molecule has 0 bridgehead atoms. The summed E-state index contributed by atoms with van der Waals surface area (Å²) >= 11 is 0. The molecule has 0 fully saturated rings. The van der Waals surface area contributed by atoms with Crippen molar-refractivity contribution in [2.75, 3.05) is 18.9 Å². The Bertz CT molecular complexity index is 846. The highest BCUT2D eigenvalue weighted by Crippen LogP contribution is 2.35. The Morgan fingerprint density at radius 3 is 2.46 bits per heavy atom. The number of nitrogens with one attached hydrogen (secondary N) is 1. The Balaban J connectivity index is 2.54. The third-order valence-electron chi connectivity index (χ3n) is 3.90. The predicted octanol–water partition coefficient (Wildman–Crippen LogP) is 1.88. The van der Waals surface area contributed by atoms with Gasteiger partial charge in [-0.3, -0.25) is 14.9 Å². The zero-order chi connectivity index (χ0) is 19.6. The smallest absolute Gasteiger partial charge is 0.342 e. The Morgan fingerprint density at radius 2 is 1.96 bits per heavy atom. The van der Waals surface area contributed by atoms with E-state index in [1.807, 2.05) is 0 Å². The number of aryl methyl sites for hydroxylation is 1. The van der Waals surface area contributed by atoms with Crippen LogP contribution in [0.3, 0.4) is 0 Å². The first kappa shape index (κ1) is 19.3. The normalized spacial score (nSPS) is 11.3. The molecule has 0 aliphatic carbocycles. The van der Waals surface area contributed by atoms with E-state index in [4.69, 9.17) is 0 Å². The summed E-state index contributed by atoms with van der Waals surface area (Å²) in [6, 6.07) is 1.76. The summed E-state index contributed by atoms with van der Waals surface area (Å²) in [4.78, 5) is 26.0. The summed E-state index contributed by atoms with van der Waals surface area (Å²) in [7, 11) is 2.88. The topological polar surface area (TPSA) is 93.0 Å². The third-order valence-corrected chi connectivity index (χ3v) is 3.90. The van der Waals surface area contributed by atoms with Gasteiger partial charge in [0, 0.05) is 26.2 Å². The summed E-state index contributed by atoms with van der Waals surface area (Å²) in [5.41, 5.74) is -1.78. The standard InChI is InChI=1S/C15H17F3N6O2/c1-5-23(3)13(26)11-8(2)9(6-7-10(11)15(16,17)18)12(25)19-14-20-21-22-24(14)4/h6-7H,5H2,1-4H3,(H,19,20,22,25). The van der Waals surface area contributed by atoms with E-state index in [0.29, 0.717) is 0 Å². The molecule has 0 atom stereocenters. The molecule has 1 heterocycles. The van der Waals surface area contributed by atoms with Crippen LogP contribution >= 0.6 is 0 Å². The first-order valence-electron chi connectivity index (χ1n) is 7.57. The van der Waals surface area contributed by atoms with Crippen molar-refractivity contribution < 1.29 is 22.8 Å². The number of carbonyl (C=O) groups is 2. The van der Waals surface area contributed by atoms with Gasteiger partial charge in [0.15, 0.2) is 0 Å². The van der Waals surface area contributed by atoms with Crippen molar-refractivity contribution in [1.82, 2.24) is 25.1 Å². The van der Waals surface area contributed by atoms with Crippen molar-refractivity contribution in [3.63, 3.8) is 0 Å². The molecule has 2 aromatic rings. The molecule has 2 amide bonds. The van der Waals surface area contributed by atoms with Crippen LogP contribution in [0.4, 0.5) is 19.1 Å². The lowest BCUT2D eigenvalue weighted by atomic mass is 9.95. The molecule has 1 N–H and O–H groups in total. The van der Waals surface area contributed by atoms with Crippen LogP contribution in [0.5, 0.6) is 0 Å². The maximum atomic E-state index is 13.3. The number of anilines is 1. The summed E-state index contributed by atoms with van der Waals surface area (Å²) in [6.45, 7) is 3.16. The lowest BCUT2D eigenvalue weighted by Gasteiger charge is -2.21. The molecule has 0 spiro atoms. The van der Waals surface area contributed by atoms with Crippen molar-refractivity contribution in [2.24, 2.45) is 7.05 Å². The van der Waals surface area contributed by atoms with E-state index in [-0.39, 0.29) is 23.6 Å². The molecular weight excluding hydrogens is 353 g/mol. The minimum absolute atomic E-state index is 0.0212. The number of benzene rings is 1. The molecule has 0 aliphatic rings. The molecule has 0 radical (unpaired) electrons. The van der Waals surface area contributed by atoms with Crippen LogP contribution in [0.1, 0.15) is 38.8 Å². The number of aromatic nitrogens is 4. The predicted molar refractivity (Wildman–Crippen MR) is 85.6 cm³/mol. The molecule has 8 nitrogen and oxygen atoms in total.